The van der Waals surface area contributed by atoms with Crippen LogP contribution in [-0.2, 0) is 10.3 Å². The molecule has 0 aliphatic carbocycles. The van der Waals surface area contributed by atoms with Gasteiger partial charge in [-0.05, 0) is 46.9 Å². The number of fused-ring (bicyclic) bond motifs is 3. The van der Waals surface area contributed by atoms with E-state index >= 15 is 0 Å². The van der Waals surface area contributed by atoms with E-state index in [1.807, 2.05) is 22.6 Å². The summed E-state index contributed by atoms with van der Waals surface area (Å²) in [5.74, 6) is -1.58. The summed E-state index contributed by atoms with van der Waals surface area (Å²) in [5, 5.41) is 4.31. The number of hydrogen-bond donors (Lipinski definition) is 1. The molecule has 2 aromatic heterocycles. The van der Waals surface area contributed by atoms with Gasteiger partial charge in [0.2, 0.25) is 0 Å². The van der Waals surface area contributed by atoms with Crippen molar-refractivity contribution in [3.63, 3.8) is 0 Å². The summed E-state index contributed by atoms with van der Waals surface area (Å²) < 4.78 is 62.4. The molecule has 132 valence electrons. The van der Waals surface area contributed by atoms with Gasteiger partial charge in [-0.1, -0.05) is 12.1 Å². The summed E-state index contributed by atoms with van der Waals surface area (Å²) in [4.78, 5) is 4.23. The Kier molecular flexibility index (Phi) is 3.93. The predicted molar refractivity (Wildman–Crippen MR) is 100 cm³/mol. The fraction of sp³-hybridized carbons (Fsp3) is 0. The van der Waals surface area contributed by atoms with Crippen molar-refractivity contribution in [1.82, 2.24) is 14.2 Å². The first kappa shape index (κ1) is 17.2. The first-order chi connectivity index (χ1) is 12.3. The maximum absolute atomic E-state index is 14.3. The van der Waals surface area contributed by atoms with Crippen LogP contribution < -0.4 is 0 Å². The standard InChI is InChI=1S/C16H8F2IN3O3S/c17-11-2-1-3-12(18)14(11)15-10-6-8(19)4-5-9(10)16-13(21-15)7-20-22(16)26(23,24)25/h1-7H,(H,23,24,25). The fourth-order valence-electron chi connectivity index (χ4n) is 2.84. The molecule has 10 heteroatoms. The molecule has 0 aliphatic rings. The zero-order valence-corrected chi connectivity index (χ0v) is 15.7. The van der Waals surface area contributed by atoms with Gasteiger partial charge in [0.25, 0.3) is 0 Å². The van der Waals surface area contributed by atoms with Gasteiger partial charge in [-0.3, -0.25) is 4.55 Å². The SMILES string of the molecule is O=S(=O)(O)n1ncc2nc(-c3c(F)cccc3F)c3cc(I)ccc3c21. The van der Waals surface area contributed by atoms with Gasteiger partial charge in [-0.2, -0.15) is 13.5 Å². The van der Waals surface area contributed by atoms with Crippen LogP contribution in [-0.4, -0.2) is 27.1 Å². The van der Waals surface area contributed by atoms with Gasteiger partial charge >= 0.3 is 10.3 Å². The lowest BCUT2D eigenvalue weighted by atomic mass is 10.0. The van der Waals surface area contributed by atoms with Crippen LogP contribution >= 0.6 is 22.6 Å². The average molecular weight is 487 g/mol. The predicted octanol–water partition coefficient (Wildman–Crippen LogP) is 3.79. The first-order valence-corrected chi connectivity index (χ1v) is 9.64. The highest BCUT2D eigenvalue weighted by atomic mass is 127. The van der Waals surface area contributed by atoms with Crippen molar-refractivity contribution in [1.29, 1.82) is 0 Å². The second-order valence-electron chi connectivity index (χ2n) is 5.45. The van der Waals surface area contributed by atoms with Crippen molar-refractivity contribution < 1.29 is 21.8 Å². The van der Waals surface area contributed by atoms with Crippen LogP contribution in [0.2, 0.25) is 0 Å². The minimum Gasteiger partial charge on any atom is -0.268 e. The summed E-state index contributed by atoms with van der Waals surface area (Å²) in [7, 11) is -4.67. The lowest BCUT2D eigenvalue weighted by Crippen LogP contribution is -2.12. The van der Waals surface area contributed by atoms with Gasteiger partial charge in [0, 0.05) is 14.3 Å². The van der Waals surface area contributed by atoms with Crippen LogP contribution in [0.15, 0.2) is 42.6 Å². The number of pyridine rings is 1. The van der Waals surface area contributed by atoms with Gasteiger partial charge in [0.05, 0.1) is 17.5 Å². The van der Waals surface area contributed by atoms with E-state index in [-0.39, 0.29) is 22.3 Å². The summed E-state index contributed by atoms with van der Waals surface area (Å²) in [6.45, 7) is 0. The minimum absolute atomic E-state index is 0.0245. The molecule has 26 heavy (non-hydrogen) atoms. The second-order valence-corrected chi connectivity index (χ2v) is 7.93. The third kappa shape index (κ3) is 2.64. The van der Waals surface area contributed by atoms with Crippen molar-refractivity contribution in [2.75, 3.05) is 0 Å². The van der Waals surface area contributed by atoms with Crippen LogP contribution in [0.25, 0.3) is 33.1 Å². The molecule has 0 fully saturated rings. The maximum atomic E-state index is 14.3. The lowest BCUT2D eigenvalue weighted by Gasteiger charge is -2.11. The quantitative estimate of drug-likeness (QED) is 0.344. The van der Waals surface area contributed by atoms with E-state index < -0.39 is 21.9 Å². The zero-order chi connectivity index (χ0) is 18.6. The Hall–Kier alpha value is -2.18. The third-order valence-corrected chi connectivity index (χ3v) is 5.25. The zero-order valence-electron chi connectivity index (χ0n) is 12.7. The Morgan fingerprint density at radius 3 is 2.42 bits per heavy atom. The average Bonchev–Trinajstić information content (AvgIpc) is 2.98. The van der Waals surface area contributed by atoms with E-state index in [2.05, 4.69) is 10.1 Å². The Bertz CT molecular complexity index is 1290. The summed E-state index contributed by atoms with van der Waals surface area (Å²) in [6.07, 6.45) is 1.11. The molecule has 0 bridgehead atoms. The molecule has 0 spiro atoms. The highest BCUT2D eigenvalue weighted by Gasteiger charge is 2.22. The minimum atomic E-state index is -4.67. The first-order valence-electron chi connectivity index (χ1n) is 7.17. The van der Waals surface area contributed by atoms with E-state index in [1.54, 1.807) is 18.2 Å². The number of nitrogens with zero attached hydrogens (tertiary/aromatic N) is 3. The Morgan fingerprint density at radius 1 is 1.08 bits per heavy atom. The molecule has 4 rings (SSSR count). The van der Waals surface area contributed by atoms with Crippen LogP contribution in [0.1, 0.15) is 0 Å². The number of rotatable bonds is 2. The van der Waals surface area contributed by atoms with E-state index in [1.165, 1.54) is 6.07 Å². The van der Waals surface area contributed by atoms with Gasteiger partial charge in [0.15, 0.2) is 0 Å². The number of halogens is 3. The van der Waals surface area contributed by atoms with Crippen molar-refractivity contribution in [3.8, 4) is 11.3 Å². The Labute approximate surface area is 159 Å². The molecule has 0 saturated heterocycles. The van der Waals surface area contributed by atoms with Crippen molar-refractivity contribution in [3.05, 3.63) is 57.8 Å². The normalized spacial score (nSPS) is 12.2. The second kappa shape index (κ2) is 5.93. The summed E-state index contributed by atoms with van der Waals surface area (Å²) in [5.41, 5.74) is -0.189. The van der Waals surface area contributed by atoms with Crippen molar-refractivity contribution >= 4 is 54.7 Å². The molecule has 0 radical (unpaired) electrons. The van der Waals surface area contributed by atoms with Gasteiger partial charge in [0.1, 0.15) is 22.7 Å². The van der Waals surface area contributed by atoms with E-state index in [0.717, 1.165) is 21.9 Å². The maximum Gasteiger partial charge on any atom is 0.379 e. The smallest absolute Gasteiger partial charge is 0.268 e. The molecule has 4 aromatic rings. The highest BCUT2D eigenvalue weighted by Crippen LogP contribution is 2.35. The summed E-state index contributed by atoms with van der Waals surface area (Å²) >= 11 is 2.02. The van der Waals surface area contributed by atoms with E-state index in [9.17, 15) is 21.8 Å². The van der Waals surface area contributed by atoms with Crippen LogP contribution in [0.3, 0.4) is 0 Å². The van der Waals surface area contributed by atoms with E-state index in [0.29, 0.717) is 14.9 Å². The number of benzene rings is 2. The Balaban J connectivity index is 2.24. The molecule has 2 aromatic carbocycles. The van der Waals surface area contributed by atoms with Gasteiger partial charge < -0.3 is 0 Å². The monoisotopic (exact) mass is 487 g/mol. The van der Waals surface area contributed by atoms with Gasteiger partial charge in [-0.15, -0.1) is 4.09 Å². The number of hydrogen-bond acceptors (Lipinski definition) is 4. The molecular formula is C16H8F2IN3O3S. The molecule has 0 aliphatic heterocycles. The van der Waals surface area contributed by atoms with Crippen LogP contribution in [0, 0.1) is 15.2 Å². The third-order valence-electron chi connectivity index (χ3n) is 3.86. The van der Waals surface area contributed by atoms with Crippen molar-refractivity contribution in [2.45, 2.75) is 0 Å². The molecular weight excluding hydrogens is 479 g/mol. The summed E-state index contributed by atoms with van der Waals surface area (Å²) in [6, 6.07) is 8.40. The Morgan fingerprint density at radius 2 is 1.77 bits per heavy atom. The van der Waals surface area contributed by atoms with Crippen LogP contribution in [0.5, 0.6) is 0 Å². The van der Waals surface area contributed by atoms with Crippen molar-refractivity contribution in [2.24, 2.45) is 0 Å². The molecule has 0 saturated carbocycles. The molecule has 0 unspecified atom stereocenters. The lowest BCUT2D eigenvalue weighted by molar-refractivity contribution is 0.468. The van der Waals surface area contributed by atoms with Crippen LogP contribution in [0.4, 0.5) is 8.78 Å². The topological polar surface area (TPSA) is 85.1 Å². The highest BCUT2D eigenvalue weighted by molar-refractivity contribution is 14.1. The van der Waals surface area contributed by atoms with Gasteiger partial charge in [-0.25, -0.2) is 13.8 Å². The molecule has 6 nitrogen and oxygen atoms in total. The molecule has 1 N–H and O–H groups in total. The molecule has 0 amide bonds. The van der Waals surface area contributed by atoms with E-state index in [4.69, 9.17) is 0 Å². The molecule has 0 atom stereocenters. The number of aromatic nitrogens is 3. The molecule has 2 heterocycles. The largest absolute Gasteiger partial charge is 0.379 e. The fourth-order valence-corrected chi connectivity index (χ4v) is 3.92.